The Morgan fingerprint density at radius 1 is 0.229 bits per heavy atom. The van der Waals surface area contributed by atoms with E-state index >= 15 is 0 Å². The number of fused-ring (bicyclic) bond motifs is 9. The summed E-state index contributed by atoms with van der Waals surface area (Å²) < 4.78 is 7.59. The van der Waals surface area contributed by atoms with Gasteiger partial charge < -0.3 is 13.7 Å². The van der Waals surface area contributed by atoms with Crippen LogP contribution in [-0.4, -0.2) is 21.8 Å². The molecule has 14 rings (SSSR count). The molecule has 11 aromatic carbocycles. The average Bonchev–Trinajstić information content (AvgIpc) is 4.08. The van der Waals surface area contributed by atoms with E-state index in [1.807, 2.05) is 0 Å². The molecule has 0 bridgehead atoms. The van der Waals surface area contributed by atoms with E-state index < -0.39 is 8.07 Å². The van der Waals surface area contributed by atoms with E-state index in [1.165, 1.54) is 80.7 Å². The Bertz CT molecular complexity index is 4130. The van der Waals surface area contributed by atoms with Crippen molar-refractivity contribution in [3.63, 3.8) is 0 Å². The second-order valence-electron chi connectivity index (χ2n) is 18.4. The highest BCUT2D eigenvalue weighted by Crippen LogP contribution is 2.43. The van der Waals surface area contributed by atoms with Crippen molar-refractivity contribution in [3.05, 3.63) is 273 Å². The molecule has 0 N–H and O–H groups in total. The zero-order valence-electron chi connectivity index (χ0n) is 38.3. The molecule has 4 heteroatoms. The minimum absolute atomic E-state index is 1.12. The van der Waals surface area contributed by atoms with E-state index in [0.717, 1.165) is 33.6 Å². The van der Waals surface area contributed by atoms with Crippen molar-refractivity contribution in [2.45, 2.75) is 0 Å². The van der Waals surface area contributed by atoms with E-state index in [4.69, 9.17) is 0 Å². The van der Waals surface area contributed by atoms with E-state index in [2.05, 4.69) is 287 Å². The molecule has 0 aliphatic heterocycles. The van der Waals surface area contributed by atoms with E-state index in [0.29, 0.717) is 0 Å². The summed E-state index contributed by atoms with van der Waals surface area (Å²) in [7, 11) is -2.88. The highest BCUT2D eigenvalue weighted by molar-refractivity contribution is 7.20. The Labute approximate surface area is 407 Å². The maximum absolute atomic E-state index is 2.88. The largest absolute Gasteiger partial charge is 0.307 e. The Morgan fingerprint density at radius 3 is 1.20 bits per heavy atom. The zero-order valence-corrected chi connectivity index (χ0v) is 39.3. The predicted molar refractivity (Wildman–Crippen MR) is 299 cm³/mol. The molecular formula is C66H45N3Si. The molecule has 0 fully saturated rings. The molecule has 0 unspecified atom stereocenters. The van der Waals surface area contributed by atoms with Crippen LogP contribution >= 0.6 is 0 Å². The molecule has 0 spiro atoms. The molecule has 70 heavy (non-hydrogen) atoms. The van der Waals surface area contributed by atoms with Crippen molar-refractivity contribution in [3.8, 4) is 28.2 Å². The van der Waals surface area contributed by atoms with Gasteiger partial charge in [0.25, 0.3) is 0 Å². The minimum Gasteiger partial charge on any atom is -0.307 e. The summed E-state index contributed by atoms with van der Waals surface area (Å²) in [5.41, 5.74) is 12.8. The smallest absolute Gasteiger partial charge is 0.179 e. The van der Waals surface area contributed by atoms with Gasteiger partial charge in [0.05, 0.1) is 44.5 Å². The van der Waals surface area contributed by atoms with Crippen LogP contribution in [-0.2, 0) is 0 Å². The zero-order chi connectivity index (χ0) is 46.2. The molecule has 3 nitrogen and oxygen atoms in total. The monoisotopic (exact) mass is 907 g/mol. The first-order valence-corrected chi connectivity index (χ1v) is 26.2. The number of rotatable bonds is 8. The van der Waals surface area contributed by atoms with Gasteiger partial charge in [-0.05, 0) is 80.4 Å². The van der Waals surface area contributed by atoms with Gasteiger partial charge >= 0.3 is 0 Å². The molecule has 0 atom stereocenters. The molecule has 3 aromatic heterocycles. The summed E-state index contributed by atoms with van der Waals surface area (Å²) in [5, 5.41) is 12.8. The first-order chi connectivity index (χ1) is 34.8. The van der Waals surface area contributed by atoms with Crippen molar-refractivity contribution in [2.24, 2.45) is 0 Å². The maximum Gasteiger partial charge on any atom is 0.179 e. The Balaban J connectivity index is 1.15. The first-order valence-electron chi connectivity index (χ1n) is 24.2. The molecule has 0 radical (unpaired) electrons. The second-order valence-corrected chi connectivity index (χ2v) is 22.2. The van der Waals surface area contributed by atoms with Gasteiger partial charge in [-0.15, -0.1) is 0 Å². The summed E-state index contributed by atoms with van der Waals surface area (Å²) in [5.74, 6) is 0. The van der Waals surface area contributed by atoms with Gasteiger partial charge in [0, 0.05) is 38.0 Å². The first kappa shape index (κ1) is 40.1. The summed E-state index contributed by atoms with van der Waals surface area (Å²) in [6.07, 6.45) is 0. The molecule has 0 aliphatic rings. The number of hydrogen-bond donors (Lipinski definition) is 0. The summed E-state index contributed by atoms with van der Waals surface area (Å²) in [4.78, 5) is 0. The van der Waals surface area contributed by atoms with Gasteiger partial charge in [-0.2, -0.15) is 0 Å². The van der Waals surface area contributed by atoms with Crippen LogP contribution in [0.15, 0.2) is 273 Å². The summed E-state index contributed by atoms with van der Waals surface area (Å²) >= 11 is 0. The summed E-state index contributed by atoms with van der Waals surface area (Å²) in [6, 6.07) is 101. The quantitative estimate of drug-likeness (QED) is 0.107. The standard InChI is InChI=1S/C66H45N3Si/c1-5-22-46(23-6-1)47-24-19-25-48(44-47)67-59-37-16-15-34-55(59)56-35-20-41-64(65(56)67)69-62-43-42-52(70(49-26-7-2-8-27-49,50-28-9-3-10-29-50)51-30-11-4-12-31-51)45-58(62)57-36-21-40-63(66(57)69)68-60-38-17-13-32-53(60)54-33-14-18-39-61(54)68/h1-45H. The number of benzene rings is 11. The van der Waals surface area contributed by atoms with Crippen molar-refractivity contribution in [1.29, 1.82) is 0 Å². The van der Waals surface area contributed by atoms with Crippen molar-refractivity contribution < 1.29 is 0 Å². The lowest BCUT2D eigenvalue weighted by Crippen LogP contribution is -2.74. The van der Waals surface area contributed by atoms with Crippen LogP contribution in [0.5, 0.6) is 0 Å². The molecule has 0 amide bonds. The fourth-order valence-electron chi connectivity index (χ4n) is 11.9. The predicted octanol–water partition coefficient (Wildman–Crippen LogP) is 14.0. The Hall–Kier alpha value is -8.96. The van der Waals surface area contributed by atoms with Crippen LogP contribution in [0.25, 0.3) is 93.6 Å². The van der Waals surface area contributed by atoms with Gasteiger partial charge in [0.1, 0.15) is 0 Å². The third-order valence-electron chi connectivity index (χ3n) is 14.8. The molecular weight excluding hydrogens is 863 g/mol. The van der Waals surface area contributed by atoms with Gasteiger partial charge in [0.15, 0.2) is 8.07 Å². The van der Waals surface area contributed by atoms with Crippen molar-refractivity contribution in [1.82, 2.24) is 13.7 Å². The van der Waals surface area contributed by atoms with E-state index in [-0.39, 0.29) is 0 Å². The highest BCUT2D eigenvalue weighted by atomic mass is 28.3. The number of para-hydroxylation sites is 5. The molecule has 0 aliphatic carbocycles. The lowest BCUT2D eigenvalue weighted by Gasteiger charge is -2.34. The van der Waals surface area contributed by atoms with E-state index in [9.17, 15) is 0 Å². The highest BCUT2D eigenvalue weighted by Gasteiger charge is 2.41. The number of aromatic nitrogens is 3. The van der Waals surface area contributed by atoms with Gasteiger partial charge in [0.2, 0.25) is 0 Å². The summed E-state index contributed by atoms with van der Waals surface area (Å²) in [6.45, 7) is 0. The molecule has 0 saturated heterocycles. The van der Waals surface area contributed by atoms with Crippen LogP contribution in [0.2, 0.25) is 0 Å². The van der Waals surface area contributed by atoms with Crippen LogP contribution in [0.3, 0.4) is 0 Å². The molecule has 14 aromatic rings. The Kier molecular flexibility index (Phi) is 9.23. The van der Waals surface area contributed by atoms with Crippen LogP contribution in [0, 0.1) is 0 Å². The Morgan fingerprint density at radius 2 is 0.629 bits per heavy atom. The molecule has 328 valence electrons. The topological polar surface area (TPSA) is 14.8 Å². The SMILES string of the molecule is c1ccc(-c2cccc(-n3c4ccccc4c4cccc(-n5c6ccc([Si](c7ccccc7)(c7ccccc7)c7ccccc7)cc6c6cccc(-n7c8ccccc8c8ccccc87)c65)c43)c2)cc1. The van der Waals surface area contributed by atoms with Crippen LogP contribution in [0.4, 0.5) is 0 Å². The van der Waals surface area contributed by atoms with Gasteiger partial charge in [-0.25, -0.2) is 0 Å². The third-order valence-corrected chi connectivity index (χ3v) is 19.5. The lowest BCUT2D eigenvalue weighted by atomic mass is 10.1. The maximum atomic E-state index is 2.59. The van der Waals surface area contributed by atoms with E-state index in [1.54, 1.807) is 0 Å². The molecule has 0 saturated carbocycles. The normalized spacial score (nSPS) is 12.0. The van der Waals surface area contributed by atoms with Crippen LogP contribution < -0.4 is 20.7 Å². The number of hydrogen-bond acceptors (Lipinski definition) is 0. The van der Waals surface area contributed by atoms with Gasteiger partial charge in [-0.1, -0.05) is 224 Å². The molecule has 3 heterocycles. The third kappa shape index (κ3) is 5.94. The van der Waals surface area contributed by atoms with Crippen LogP contribution in [0.1, 0.15) is 0 Å². The average molecular weight is 908 g/mol. The second kappa shape index (κ2) is 16.1. The lowest BCUT2D eigenvalue weighted by molar-refractivity contribution is 1.11. The van der Waals surface area contributed by atoms with Crippen molar-refractivity contribution in [2.75, 3.05) is 0 Å². The number of nitrogens with zero attached hydrogens (tertiary/aromatic N) is 3. The fourth-order valence-corrected chi connectivity index (χ4v) is 16.6. The minimum atomic E-state index is -2.88. The fraction of sp³-hybridized carbons (Fsp3) is 0. The van der Waals surface area contributed by atoms with Crippen molar-refractivity contribution >= 4 is 94.2 Å². The van der Waals surface area contributed by atoms with Gasteiger partial charge in [-0.3, -0.25) is 0 Å².